The zero-order valence-electron chi connectivity index (χ0n) is 16.0. The van der Waals surface area contributed by atoms with Gasteiger partial charge in [0.25, 0.3) is 0 Å². The molecule has 4 fully saturated rings. The van der Waals surface area contributed by atoms with Crippen molar-refractivity contribution in [1.29, 1.82) is 0 Å². The second-order valence-electron chi connectivity index (χ2n) is 9.19. The van der Waals surface area contributed by atoms with Gasteiger partial charge in [-0.05, 0) is 94.9 Å². The third kappa shape index (κ3) is 2.08. The molecule has 4 aliphatic carbocycles. The number of hydrogen-bond donors (Lipinski definition) is 1. The van der Waals surface area contributed by atoms with Gasteiger partial charge < -0.3 is 10.1 Å². The van der Waals surface area contributed by atoms with Crippen LogP contribution in [0, 0.1) is 29.1 Å². The van der Waals surface area contributed by atoms with E-state index in [0.717, 1.165) is 42.2 Å². The average molecular weight is 330 g/mol. The highest BCUT2D eigenvalue weighted by molar-refractivity contribution is 5.37. The zero-order chi connectivity index (χ0) is 16.9. The summed E-state index contributed by atoms with van der Waals surface area (Å²) in [5, 5.41) is 3.64. The molecule has 4 unspecified atom stereocenters. The number of hydrogen-bond acceptors (Lipinski definition) is 2. The lowest BCUT2D eigenvalue weighted by atomic mass is 9.14. The van der Waals surface area contributed by atoms with Crippen LogP contribution in [0.2, 0.25) is 0 Å². The van der Waals surface area contributed by atoms with Gasteiger partial charge in [0, 0.05) is 13.7 Å². The smallest absolute Gasteiger partial charge is 0.0758 e. The van der Waals surface area contributed by atoms with E-state index in [4.69, 9.17) is 4.74 Å². The first-order chi connectivity index (χ1) is 11.6. The number of allylic oxidation sites excluding steroid dienone is 3. The second kappa shape index (κ2) is 5.99. The molecule has 0 aromatic carbocycles. The van der Waals surface area contributed by atoms with Crippen LogP contribution in [0.1, 0.15) is 59.3 Å². The Balaban J connectivity index is 1.19. The number of nitrogens with one attached hydrogen (secondary N) is 1. The molecule has 4 rings (SSSR count). The van der Waals surface area contributed by atoms with Gasteiger partial charge in [-0.1, -0.05) is 23.3 Å². The first-order valence-corrected chi connectivity index (χ1v) is 10.1. The minimum Gasteiger partial charge on any atom is -0.378 e. The Labute approximate surface area is 148 Å². The van der Waals surface area contributed by atoms with Crippen molar-refractivity contribution in [3.8, 4) is 0 Å². The number of ether oxygens (including phenoxy) is 1. The van der Waals surface area contributed by atoms with Gasteiger partial charge in [0.05, 0.1) is 5.60 Å². The second-order valence-corrected chi connectivity index (χ2v) is 9.19. The molecule has 2 nitrogen and oxygen atoms in total. The summed E-state index contributed by atoms with van der Waals surface area (Å²) in [6.07, 6.45) is 12.7. The van der Waals surface area contributed by atoms with E-state index < -0.39 is 0 Å². The highest BCUT2D eigenvalue weighted by atomic mass is 16.5. The van der Waals surface area contributed by atoms with Crippen molar-refractivity contribution < 1.29 is 4.74 Å². The molecule has 134 valence electrons. The predicted octanol–water partition coefficient (Wildman–Crippen LogP) is 4.72. The Hall–Kier alpha value is -0.600. The van der Waals surface area contributed by atoms with E-state index >= 15 is 0 Å². The minimum absolute atomic E-state index is 0.239. The fourth-order valence-electron chi connectivity index (χ4n) is 7.01. The van der Waals surface area contributed by atoms with E-state index in [1.54, 1.807) is 6.42 Å². The third-order valence-corrected chi connectivity index (χ3v) is 8.17. The van der Waals surface area contributed by atoms with Gasteiger partial charge in [-0.3, -0.25) is 0 Å². The summed E-state index contributed by atoms with van der Waals surface area (Å²) >= 11 is 0. The van der Waals surface area contributed by atoms with Gasteiger partial charge in [0.15, 0.2) is 0 Å². The van der Waals surface area contributed by atoms with Crippen molar-refractivity contribution >= 4 is 0 Å². The Kier molecular flexibility index (Phi) is 4.20. The zero-order valence-corrected chi connectivity index (χ0v) is 16.0. The Morgan fingerprint density at radius 1 is 1.08 bits per heavy atom. The maximum absolute atomic E-state index is 6.15. The van der Waals surface area contributed by atoms with E-state index in [1.165, 1.54) is 43.3 Å². The van der Waals surface area contributed by atoms with Gasteiger partial charge in [-0.15, -0.1) is 0 Å². The molecule has 0 heterocycles. The van der Waals surface area contributed by atoms with Crippen molar-refractivity contribution in [2.75, 3.05) is 20.2 Å². The lowest BCUT2D eigenvalue weighted by Gasteiger charge is -2.91. The van der Waals surface area contributed by atoms with E-state index in [1.807, 2.05) is 7.11 Å². The van der Waals surface area contributed by atoms with Gasteiger partial charge in [0.1, 0.15) is 0 Å². The maximum atomic E-state index is 6.15. The van der Waals surface area contributed by atoms with Crippen LogP contribution in [-0.4, -0.2) is 25.8 Å². The molecule has 0 aliphatic heterocycles. The molecule has 0 amide bonds. The molecule has 24 heavy (non-hydrogen) atoms. The molecular weight excluding hydrogens is 294 g/mol. The Morgan fingerprint density at radius 3 is 2.38 bits per heavy atom. The number of methoxy groups -OCH3 is 1. The maximum Gasteiger partial charge on any atom is 0.0758 e. The fourth-order valence-corrected chi connectivity index (χ4v) is 7.01. The van der Waals surface area contributed by atoms with Crippen LogP contribution in [0.5, 0.6) is 0 Å². The summed E-state index contributed by atoms with van der Waals surface area (Å²) in [6, 6.07) is 0. The summed E-state index contributed by atoms with van der Waals surface area (Å²) in [5.74, 6) is 3.99. The molecule has 0 aromatic rings. The van der Waals surface area contributed by atoms with Crippen LogP contribution >= 0.6 is 0 Å². The van der Waals surface area contributed by atoms with E-state index in [0.29, 0.717) is 0 Å². The van der Waals surface area contributed by atoms with Crippen molar-refractivity contribution in [2.24, 2.45) is 29.1 Å². The number of rotatable bonds is 9. The molecule has 1 N–H and O–H groups in total. The van der Waals surface area contributed by atoms with Crippen LogP contribution in [0.25, 0.3) is 0 Å². The molecule has 0 radical (unpaired) electrons. The first-order valence-electron chi connectivity index (χ1n) is 10.1. The fraction of sp³-hybridized carbons (Fsp3) is 0.818. The Bertz CT molecular complexity index is 534. The van der Waals surface area contributed by atoms with Crippen molar-refractivity contribution in [3.05, 3.63) is 23.3 Å². The van der Waals surface area contributed by atoms with Crippen molar-refractivity contribution in [3.63, 3.8) is 0 Å². The van der Waals surface area contributed by atoms with E-state index in [9.17, 15) is 0 Å². The van der Waals surface area contributed by atoms with Gasteiger partial charge in [-0.25, -0.2) is 0 Å². The third-order valence-electron chi connectivity index (χ3n) is 8.17. The van der Waals surface area contributed by atoms with Crippen LogP contribution in [-0.2, 0) is 4.74 Å². The Morgan fingerprint density at radius 2 is 1.79 bits per heavy atom. The largest absolute Gasteiger partial charge is 0.378 e. The SMILES string of the molecule is COC1(CCNCC=C(C)CCC=C(C)C)C2CC3CC4CC1C342. The highest BCUT2D eigenvalue weighted by Gasteiger charge is 2.89. The summed E-state index contributed by atoms with van der Waals surface area (Å²) in [7, 11) is 1.97. The molecule has 0 saturated heterocycles. The molecule has 0 aromatic heterocycles. The highest BCUT2D eigenvalue weighted by Crippen LogP contribution is 2.91. The lowest BCUT2D eigenvalue weighted by molar-refractivity contribution is -0.465. The molecule has 4 atom stereocenters. The molecule has 1 spiro atoms. The van der Waals surface area contributed by atoms with Gasteiger partial charge in [0.2, 0.25) is 0 Å². The minimum atomic E-state index is 0.239. The van der Waals surface area contributed by atoms with Crippen LogP contribution < -0.4 is 5.32 Å². The van der Waals surface area contributed by atoms with Crippen LogP contribution in [0.3, 0.4) is 0 Å². The molecule has 2 heteroatoms. The summed E-state index contributed by atoms with van der Waals surface area (Å²) in [6.45, 7) is 8.72. The molecular formula is C22H35NO. The van der Waals surface area contributed by atoms with Gasteiger partial charge >= 0.3 is 0 Å². The van der Waals surface area contributed by atoms with Crippen LogP contribution in [0.15, 0.2) is 23.3 Å². The average Bonchev–Trinajstić information content (AvgIpc) is 2.47. The van der Waals surface area contributed by atoms with Gasteiger partial charge in [-0.2, -0.15) is 0 Å². The molecule has 4 aliphatic rings. The lowest BCUT2D eigenvalue weighted by Crippen LogP contribution is -2.90. The summed E-state index contributed by atoms with van der Waals surface area (Å²) in [5.41, 5.74) is 3.97. The van der Waals surface area contributed by atoms with E-state index in [-0.39, 0.29) is 5.60 Å². The first kappa shape index (κ1) is 16.8. The van der Waals surface area contributed by atoms with E-state index in [2.05, 4.69) is 38.2 Å². The normalized spacial score (nSPS) is 44.2. The predicted molar refractivity (Wildman–Crippen MR) is 99.9 cm³/mol. The monoisotopic (exact) mass is 329 g/mol. The molecule has 0 bridgehead atoms. The summed E-state index contributed by atoms with van der Waals surface area (Å²) in [4.78, 5) is 0. The standard InChI is InChI=1S/C22H35NO/c1-15(2)6-5-7-16(3)8-10-23-11-9-21(24-4)19-13-17-12-18-14-20(21)22(17,18)19/h6,8,17-20,23H,5,7,9-14H2,1-4H3. The molecule has 4 saturated carbocycles. The van der Waals surface area contributed by atoms with Crippen molar-refractivity contribution in [2.45, 2.75) is 64.9 Å². The van der Waals surface area contributed by atoms with Crippen LogP contribution in [0.4, 0.5) is 0 Å². The summed E-state index contributed by atoms with van der Waals surface area (Å²) < 4.78 is 6.15. The quantitative estimate of drug-likeness (QED) is 0.488. The topological polar surface area (TPSA) is 21.3 Å². The van der Waals surface area contributed by atoms with Crippen molar-refractivity contribution in [1.82, 2.24) is 5.32 Å².